The molecule has 0 aromatic heterocycles. The Morgan fingerprint density at radius 2 is 1.93 bits per heavy atom. The summed E-state index contributed by atoms with van der Waals surface area (Å²) < 4.78 is 5.21. The Kier molecular flexibility index (Phi) is 7.54. The van der Waals surface area contributed by atoms with E-state index in [0.29, 0.717) is 12.3 Å². The smallest absolute Gasteiger partial charge is 0.306 e. The van der Waals surface area contributed by atoms with Crippen LogP contribution in [0.4, 0.5) is 0 Å². The van der Waals surface area contributed by atoms with Crippen LogP contribution >= 0.6 is 0 Å². The fourth-order valence-corrected chi connectivity index (χ4v) is 1.30. The fourth-order valence-electron chi connectivity index (χ4n) is 1.30. The first kappa shape index (κ1) is 13.5. The van der Waals surface area contributed by atoms with Crippen LogP contribution in [-0.4, -0.2) is 12.1 Å². The van der Waals surface area contributed by atoms with Crippen LogP contribution < -0.4 is 0 Å². The number of hydrogen-bond donors (Lipinski definition) is 0. The van der Waals surface area contributed by atoms with Crippen LogP contribution in [-0.2, 0) is 9.53 Å². The van der Waals surface area contributed by atoms with Crippen molar-refractivity contribution in [3.8, 4) is 0 Å². The highest BCUT2D eigenvalue weighted by Gasteiger charge is 2.11. The molecule has 2 nitrogen and oxygen atoms in total. The SMILES string of the molecule is CCCC[C@H](C)CC(=O)O[C@@H](C)CC. The van der Waals surface area contributed by atoms with Gasteiger partial charge in [-0.15, -0.1) is 0 Å². The lowest BCUT2D eigenvalue weighted by Gasteiger charge is -2.13. The zero-order valence-corrected chi connectivity index (χ0v) is 10.0. The van der Waals surface area contributed by atoms with E-state index in [9.17, 15) is 4.79 Å². The average molecular weight is 200 g/mol. The fraction of sp³-hybridized carbons (Fsp3) is 0.917. The highest BCUT2D eigenvalue weighted by molar-refractivity contribution is 5.69. The summed E-state index contributed by atoms with van der Waals surface area (Å²) in [6.07, 6.45) is 5.08. The zero-order valence-electron chi connectivity index (χ0n) is 10.0. The zero-order chi connectivity index (χ0) is 11.0. The minimum absolute atomic E-state index is 0.0389. The van der Waals surface area contributed by atoms with Gasteiger partial charge in [-0.3, -0.25) is 4.79 Å². The molecule has 0 saturated carbocycles. The molecule has 0 unspecified atom stereocenters. The topological polar surface area (TPSA) is 26.3 Å². The van der Waals surface area contributed by atoms with Gasteiger partial charge in [0.1, 0.15) is 0 Å². The Balaban J connectivity index is 3.60. The third-order valence-corrected chi connectivity index (χ3v) is 2.47. The quantitative estimate of drug-likeness (QED) is 0.587. The van der Waals surface area contributed by atoms with Crippen molar-refractivity contribution >= 4 is 5.97 Å². The molecule has 0 aliphatic heterocycles. The van der Waals surface area contributed by atoms with Crippen LogP contribution in [0, 0.1) is 5.92 Å². The molecule has 0 N–H and O–H groups in total. The first-order valence-electron chi connectivity index (χ1n) is 5.79. The molecule has 0 saturated heterocycles. The van der Waals surface area contributed by atoms with E-state index in [0.717, 1.165) is 12.8 Å². The van der Waals surface area contributed by atoms with Gasteiger partial charge in [-0.25, -0.2) is 0 Å². The molecular formula is C12H24O2. The highest BCUT2D eigenvalue weighted by Crippen LogP contribution is 2.13. The lowest BCUT2D eigenvalue weighted by Crippen LogP contribution is -2.16. The largest absolute Gasteiger partial charge is 0.463 e. The van der Waals surface area contributed by atoms with Crippen molar-refractivity contribution in [3.05, 3.63) is 0 Å². The normalized spacial score (nSPS) is 14.9. The van der Waals surface area contributed by atoms with Crippen molar-refractivity contribution in [1.29, 1.82) is 0 Å². The minimum atomic E-state index is -0.0389. The van der Waals surface area contributed by atoms with Crippen LogP contribution in [0.1, 0.15) is 59.8 Å². The van der Waals surface area contributed by atoms with Gasteiger partial charge in [0, 0.05) is 6.42 Å². The Morgan fingerprint density at radius 1 is 1.29 bits per heavy atom. The van der Waals surface area contributed by atoms with E-state index in [-0.39, 0.29) is 12.1 Å². The van der Waals surface area contributed by atoms with Gasteiger partial charge in [0.2, 0.25) is 0 Å². The summed E-state index contributed by atoms with van der Waals surface area (Å²) in [6, 6.07) is 0. The first-order chi connectivity index (χ1) is 6.60. The predicted molar refractivity (Wildman–Crippen MR) is 59.2 cm³/mol. The Morgan fingerprint density at radius 3 is 2.43 bits per heavy atom. The maximum atomic E-state index is 11.4. The molecule has 0 fully saturated rings. The summed E-state index contributed by atoms with van der Waals surface area (Å²) in [5.41, 5.74) is 0. The molecule has 0 aromatic carbocycles. The van der Waals surface area contributed by atoms with Gasteiger partial charge in [-0.2, -0.15) is 0 Å². The molecule has 0 spiro atoms. The number of rotatable bonds is 7. The van der Waals surface area contributed by atoms with E-state index in [4.69, 9.17) is 4.74 Å². The van der Waals surface area contributed by atoms with Crippen LogP contribution in [0.5, 0.6) is 0 Å². The van der Waals surface area contributed by atoms with E-state index >= 15 is 0 Å². The molecule has 2 heteroatoms. The summed E-state index contributed by atoms with van der Waals surface area (Å²) in [4.78, 5) is 11.4. The molecule has 84 valence electrons. The molecule has 0 aromatic rings. The van der Waals surface area contributed by atoms with E-state index < -0.39 is 0 Å². The maximum Gasteiger partial charge on any atom is 0.306 e. The van der Waals surface area contributed by atoms with Crippen LogP contribution in [0.3, 0.4) is 0 Å². The summed E-state index contributed by atoms with van der Waals surface area (Å²) in [5.74, 6) is 0.425. The van der Waals surface area contributed by atoms with Gasteiger partial charge >= 0.3 is 5.97 Å². The van der Waals surface area contributed by atoms with Crippen LogP contribution in [0.25, 0.3) is 0 Å². The van der Waals surface area contributed by atoms with E-state index in [1.165, 1.54) is 12.8 Å². The van der Waals surface area contributed by atoms with Crippen molar-refractivity contribution in [2.24, 2.45) is 5.92 Å². The average Bonchev–Trinajstić information content (AvgIpc) is 2.14. The lowest BCUT2D eigenvalue weighted by atomic mass is 10.0. The standard InChI is InChI=1S/C12H24O2/c1-5-7-8-10(3)9-12(13)14-11(4)6-2/h10-11H,5-9H2,1-4H3/t10-,11-/m0/s1. The van der Waals surface area contributed by atoms with Crippen molar-refractivity contribution in [2.75, 3.05) is 0 Å². The summed E-state index contributed by atoms with van der Waals surface area (Å²) >= 11 is 0. The molecule has 2 atom stereocenters. The monoisotopic (exact) mass is 200 g/mol. The first-order valence-corrected chi connectivity index (χ1v) is 5.79. The van der Waals surface area contributed by atoms with Crippen molar-refractivity contribution < 1.29 is 9.53 Å². The summed E-state index contributed by atoms with van der Waals surface area (Å²) in [5, 5.41) is 0. The third-order valence-electron chi connectivity index (χ3n) is 2.47. The number of unbranched alkanes of at least 4 members (excludes halogenated alkanes) is 1. The van der Waals surface area contributed by atoms with Gasteiger partial charge in [0.05, 0.1) is 6.10 Å². The van der Waals surface area contributed by atoms with Crippen LogP contribution in [0.2, 0.25) is 0 Å². The summed E-state index contributed by atoms with van der Waals surface area (Å²) in [6.45, 7) is 8.25. The number of ether oxygens (including phenoxy) is 1. The van der Waals surface area contributed by atoms with Crippen molar-refractivity contribution in [1.82, 2.24) is 0 Å². The Labute approximate surface area is 88.0 Å². The van der Waals surface area contributed by atoms with Crippen LogP contribution in [0.15, 0.2) is 0 Å². The Hall–Kier alpha value is -0.530. The molecule has 0 heterocycles. The van der Waals surface area contributed by atoms with E-state index in [1.807, 2.05) is 13.8 Å². The highest BCUT2D eigenvalue weighted by atomic mass is 16.5. The van der Waals surface area contributed by atoms with Gasteiger partial charge in [0.15, 0.2) is 0 Å². The molecule has 0 aliphatic rings. The van der Waals surface area contributed by atoms with Gasteiger partial charge in [-0.05, 0) is 19.3 Å². The van der Waals surface area contributed by atoms with Crippen molar-refractivity contribution in [3.63, 3.8) is 0 Å². The molecule has 0 rings (SSSR count). The number of hydrogen-bond acceptors (Lipinski definition) is 2. The second-order valence-electron chi connectivity index (χ2n) is 4.16. The molecular weight excluding hydrogens is 176 g/mol. The second-order valence-corrected chi connectivity index (χ2v) is 4.16. The Bertz CT molecular complexity index is 154. The second kappa shape index (κ2) is 7.84. The van der Waals surface area contributed by atoms with Gasteiger partial charge < -0.3 is 4.74 Å². The molecule has 0 bridgehead atoms. The van der Waals surface area contributed by atoms with E-state index in [2.05, 4.69) is 13.8 Å². The minimum Gasteiger partial charge on any atom is -0.463 e. The molecule has 0 aliphatic carbocycles. The predicted octanol–water partition coefficient (Wildman–Crippen LogP) is 3.54. The summed E-state index contributed by atoms with van der Waals surface area (Å²) in [7, 11) is 0. The van der Waals surface area contributed by atoms with Crippen molar-refractivity contribution in [2.45, 2.75) is 65.9 Å². The van der Waals surface area contributed by atoms with Gasteiger partial charge in [0.25, 0.3) is 0 Å². The number of carbonyl (C=O) groups excluding carboxylic acids is 1. The third kappa shape index (κ3) is 6.93. The molecule has 0 amide bonds. The number of esters is 1. The van der Waals surface area contributed by atoms with E-state index in [1.54, 1.807) is 0 Å². The maximum absolute atomic E-state index is 11.4. The molecule has 0 radical (unpaired) electrons. The number of carbonyl (C=O) groups is 1. The van der Waals surface area contributed by atoms with Gasteiger partial charge in [-0.1, -0.05) is 40.0 Å². The lowest BCUT2D eigenvalue weighted by molar-refractivity contribution is -0.149. The molecule has 14 heavy (non-hydrogen) atoms.